The fraction of sp³-hybridized carbons (Fsp3) is 0.323. The van der Waals surface area contributed by atoms with Gasteiger partial charge in [0, 0.05) is 55.9 Å². The third kappa shape index (κ3) is 5.63. The van der Waals surface area contributed by atoms with Crippen LogP contribution in [0.4, 0.5) is 5.69 Å². The number of ether oxygens (including phenoxy) is 3. The first-order valence-electron chi connectivity index (χ1n) is 13.0. The summed E-state index contributed by atoms with van der Waals surface area (Å²) in [5, 5.41) is 0.970. The van der Waals surface area contributed by atoms with Crippen LogP contribution in [0, 0.1) is 0 Å². The summed E-state index contributed by atoms with van der Waals surface area (Å²) in [4.78, 5) is 17.9. The molecule has 0 radical (unpaired) electrons. The van der Waals surface area contributed by atoms with E-state index >= 15 is 0 Å². The molecule has 4 aromatic rings. The molecule has 1 aliphatic rings. The molecule has 0 spiro atoms. The van der Waals surface area contributed by atoms with Crippen molar-refractivity contribution in [2.75, 3.05) is 59.0 Å². The summed E-state index contributed by atoms with van der Waals surface area (Å²) in [5.41, 5.74) is 4.20. The van der Waals surface area contributed by atoms with E-state index in [0.29, 0.717) is 12.3 Å². The van der Waals surface area contributed by atoms with Crippen LogP contribution in [0.15, 0.2) is 77.6 Å². The number of hydrogen-bond donors (Lipinski definition) is 0. The summed E-state index contributed by atoms with van der Waals surface area (Å²) in [6, 6.07) is 23.9. The fourth-order valence-electron chi connectivity index (χ4n) is 5.17. The van der Waals surface area contributed by atoms with Crippen LogP contribution in [0.2, 0.25) is 0 Å². The van der Waals surface area contributed by atoms with Gasteiger partial charge in [-0.3, -0.25) is 9.69 Å². The Kier molecular flexibility index (Phi) is 7.84. The van der Waals surface area contributed by atoms with Gasteiger partial charge in [-0.25, -0.2) is 0 Å². The molecule has 0 amide bonds. The third-order valence-corrected chi connectivity index (χ3v) is 7.33. The van der Waals surface area contributed by atoms with Crippen LogP contribution in [-0.2, 0) is 13.0 Å². The second-order valence-corrected chi connectivity index (χ2v) is 9.62. The van der Waals surface area contributed by atoms with Gasteiger partial charge in [0.25, 0.3) is 5.56 Å². The van der Waals surface area contributed by atoms with Crippen molar-refractivity contribution in [3.63, 3.8) is 0 Å². The van der Waals surface area contributed by atoms with Gasteiger partial charge in [-0.2, -0.15) is 0 Å². The van der Waals surface area contributed by atoms with Crippen LogP contribution in [0.5, 0.6) is 17.2 Å². The normalized spacial score (nSPS) is 14.0. The largest absolute Gasteiger partial charge is 0.497 e. The van der Waals surface area contributed by atoms with Crippen molar-refractivity contribution >= 4 is 16.6 Å². The van der Waals surface area contributed by atoms with E-state index in [4.69, 9.17) is 14.2 Å². The Balaban J connectivity index is 1.30. The Morgan fingerprint density at radius 1 is 0.737 bits per heavy atom. The van der Waals surface area contributed by atoms with Crippen molar-refractivity contribution in [1.82, 2.24) is 9.47 Å². The van der Waals surface area contributed by atoms with E-state index in [0.717, 1.165) is 72.8 Å². The zero-order valence-electron chi connectivity index (χ0n) is 22.4. The van der Waals surface area contributed by atoms with Crippen LogP contribution in [-0.4, -0.2) is 63.5 Å². The number of rotatable bonds is 9. The molecule has 1 fully saturated rings. The maximum atomic E-state index is 12.9. The van der Waals surface area contributed by atoms with Crippen molar-refractivity contribution in [3.8, 4) is 17.2 Å². The molecule has 38 heavy (non-hydrogen) atoms. The first-order valence-corrected chi connectivity index (χ1v) is 13.0. The number of fused-ring (bicyclic) bond motifs is 1. The van der Waals surface area contributed by atoms with Crippen molar-refractivity contribution in [2.24, 2.45) is 0 Å². The molecule has 1 aromatic heterocycles. The maximum absolute atomic E-state index is 12.9. The molecule has 1 saturated heterocycles. The Morgan fingerprint density at radius 2 is 1.50 bits per heavy atom. The van der Waals surface area contributed by atoms with Crippen LogP contribution in [0.3, 0.4) is 0 Å². The first-order chi connectivity index (χ1) is 18.6. The SMILES string of the molecule is COc1ccc(CCN2CCN(c3cc(Cn4c(=O)ccc5cccc(OC)c54)cc(OC)c3)CC2)cc1. The van der Waals surface area contributed by atoms with Gasteiger partial charge in [-0.15, -0.1) is 0 Å². The zero-order valence-corrected chi connectivity index (χ0v) is 22.4. The second-order valence-electron chi connectivity index (χ2n) is 9.62. The highest BCUT2D eigenvalue weighted by atomic mass is 16.5. The van der Waals surface area contributed by atoms with Gasteiger partial charge in [0.15, 0.2) is 0 Å². The molecular weight excluding hydrogens is 478 g/mol. The molecule has 2 heterocycles. The highest BCUT2D eigenvalue weighted by Gasteiger charge is 2.19. The van der Waals surface area contributed by atoms with E-state index in [9.17, 15) is 4.79 Å². The number of benzene rings is 3. The number of nitrogens with zero attached hydrogens (tertiary/aromatic N) is 3. The van der Waals surface area contributed by atoms with Crippen LogP contribution >= 0.6 is 0 Å². The topological polar surface area (TPSA) is 56.2 Å². The van der Waals surface area contributed by atoms with E-state index in [1.807, 2.05) is 42.5 Å². The van der Waals surface area contributed by atoms with Crippen molar-refractivity contribution in [3.05, 3.63) is 94.3 Å². The summed E-state index contributed by atoms with van der Waals surface area (Å²) in [7, 11) is 5.02. The monoisotopic (exact) mass is 513 g/mol. The molecule has 0 aliphatic carbocycles. The van der Waals surface area contributed by atoms with Gasteiger partial charge in [0.1, 0.15) is 17.2 Å². The van der Waals surface area contributed by atoms with E-state index in [1.165, 1.54) is 5.56 Å². The minimum atomic E-state index is -0.0585. The summed E-state index contributed by atoms with van der Waals surface area (Å²) in [5.74, 6) is 2.37. The van der Waals surface area contributed by atoms with E-state index < -0.39 is 0 Å². The molecule has 0 N–H and O–H groups in total. The van der Waals surface area contributed by atoms with Crippen LogP contribution in [0.25, 0.3) is 10.9 Å². The van der Waals surface area contributed by atoms with Gasteiger partial charge in [0.2, 0.25) is 0 Å². The molecule has 7 heteroatoms. The smallest absolute Gasteiger partial charge is 0.251 e. The quantitative estimate of drug-likeness (QED) is 0.330. The highest BCUT2D eigenvalue weighted by molar-refractivity contribution is 5.85. The standard InChI is InChI=1S/C31H35N3O4/c1-36-27-10-7-23(8-11-27)13-14-32-15-17-33(18-16-32)26-19-24(20-28(21-26)37-2)22-34-30(35)12-9-25-5-4-6-29(38-3)31(25)34/h4-12,19-21H,13-18,22H2,1-3H3. The molecule has 0 saturated carbocycles. The summed E-state index contributed by atoms with van der Waals surface area (Å²) in [6.07, 6.45) is 1.02. The van der Waals surface area contributed by atoms with Crippen molar-refractivity contribution in [1.29, 1.82) is 0 Å². The molecular formula is C31H35N3O4. The number of anilines is 1. The van der Waals surface area contributed by atoms with Crippen LogP contribution in [0.1, 0.15) is 11.1 Å². The Bertz CT molecular complexity index is 1440. The minimum absolute atomic E-state index is 0.0585. The van der Waals surface area contributed by atoms with Gasteiger partial charge >= 0.3 is 0 Å². The molecule has 7 nitrogen and oxygen atoms in total. The fourth-order valence-corrected chi connectivity index (χ4v) is 5.17. The average molecular weight is 514 g/mol. The third-order valence-electron chi connectivity index (χ3n) is 7.33. The summed E-state index contributed by atoms with van der Waals surface area (Å²) >= 11 is 0. The predicted molar refractivity (Wildman–Crippen MR) is 152 cm³/mol. The van der Waals surface area contributed by atoms with E-state index in [-0.39, 0.29) is 5.56 Å². The van der Waals surface area contributed by atoms with E-state index in [1.54, 1.807) is 32.0 Å². The number of aromatic nitrogens is 1. The lowest BCUT2D eigenvalue weighted by Crippen LogP contribution is -2.47. The Labute approximate surface area is 223 Å². The number of para-hydroxylation sites is 1. The molecule has 0 atom stereocenters. The maximum Gasteiger partial charge on any atom is 0.251 e. The summed E-state index contributed by atoms with van der Waals surface area (Å²) < 4.78 is 18.3. The number of hydrogen-bond acceptors (Lipinski definition) is 6. The molecule has 1 aliphatic heterocycles. The molecule has 198 valence electrons. The molecule has 5 rings (SSSR count). The van der Waals surface area contributed by atoms with Crippen molar-refractivity contribution < 1.29 is 14.2 Å². The second kappa shape index (κ2) is 11.6. The number of methoxy groups -OCH3 is 3. The summed E-state index contributed by atoms with van der Waals surface area (Å²) in [6.45, 7) is 5.36. The lowest BCUT2D eigenvalue weighted by molar-refractivity contribution is 0.261. The minimum Gasteiger partial charge on any atom is -0.497 e. The number of pyridine rings is 1. The number of piperazine rings is 1. The lowest BCUT2D eigenvalue weighted by Gasteiger charge is -2.36. The van der Waals surface area contributed by atoms with Gasteiger partial charge < -0.3 is 23.7 Å². The first kappa shape index (κ1) is 25.7. The van der Waals surface area contributed by atoms with Crippen LogP contribution < -0.4 is 24.7 Å². The van der Waals surface area contributed by atoms with Crippen molar-refractivity contribution in [2.45, 2.75) is 13.0 Å². The molecule has 0 unspecified atom stereocenters. The Hall–Kier alpha value is -3.97. The van der Waals surface area contributed by atoms with Gasteiger partial charge in [-0.05, 0) is 53.9 Å². The molecule has 3 aromatic carbocycles. The van der Waals surface area contributed by atoms with Gasteiger partial charge in [-0.1, -0.05) is 24.3 Å². The highest BCUT2D eigenvalue weighted by Crippen LogP contribution is 2.28. The average Bonchev–Trinajstić information content (AvgIpc) is 2.97. The Morgan fingerprint density at radius 3 is 2.21 bits per heavy atom. The molecule has 0 bridgehead atoms. The zero-order chi connectivity index (χ0) is 26.5. The van der Waals surface area contributed by atoms with Gasteiger partial charge in [0.05, 0.1) is 33.4 Å². The predicted octanol–water partition coefficient (Wildman–Crippen LogP) is 4.44. The van der Waals surface area contributed by atoms with E-state index in [2.05, 4.69) is 34.1 Å². The lowest BCUT2D eigenvalue weighted by atomic mass is 10.1.